The Balaban J connectivity index is 0.000000173. The fourth-order valence-electron chi connectivity index (χ4n) is 18.3. The highest BCUT2D eigenvalue weighted by Gasteiger charge is 2.46. The summed E-state index contributed by atoms with van der Waals surface area (Å²) < 4.78 is 229. The van der Waals surface area contributed by atoms with Gasteiger partial charge in [-0.2, -0.15) is 54.5 Å². The molecule has 6 aromatic carbocycles. The summed E-state index contributed by atoms with van der Waals surface area (Å²) in [6.07, 6.45) is -12.8. The van der Waals surface area contributed by atoms with Gasteiger partial charge in [0.1, 0.15) is 46.5 Å². The lowest BCUT2D eigenvalue weighted by Gasteiger charge is -2.44. The number of nitrogens with zero attached hydrogens (tertiary/aromatic N) is 15. The maximum Gasteiger partial charge on any atom is 0.417 e. The van der Waals surface area contributed by atoms with Crippen LogP contribution in [0.1, 0.15) is 58.2 Å². The van der Waals surface area contributed by atoms with Crippen LogP contribution in [0.3, 0.4) is 0 Å². The van der Waals surface area contributed by atoms with Crippen molar-refractivity contribution < 1.29 is 90.1 Å². The third-order valence-corrected chi connectivity index (χ3v) is 28.5. The van der Waals surface area contributed by atoms with Gasteiger partial charge in [0, 0.05) is 183 Å². The van der Waals surface area contributed by atoms with Crippen LogP contribution in [0.5, 0.6) is 0 Å². The van der Waals surface area contributed by atoms with Crippen LogP contribution in [0.25, 0.3) is 66.1 Å². The number of hydrogen-bond acceptors (Lipinski definition) is 21. The molecule has 0 N–H and O–H groups in total. The number of anilines is 3. The Bertz CT molecular complexity index is 6290. The summed E-state index contributed by atoms with van der Waals surface area (Å²) in [6, 6.07) is 7.79. The second-order valence-electron chi connectivity index (χ2n) is 35.0. The third-order valence-electron chi connectivity index (χ3n) is 24.2. The smallest absolute Gasteiger partial charge is 0.374 e. The lowest BCUT2D eigenvalue weighted by atomic mass is 9.95. The average Bonchev–Trinajstić information content (AvgIpc) is 1.59. The highest BCUT2D eigenvalue weighted by Crippen LogP contribution is 2.54. The van der Waals surface area contributed by atoms with Gasteiger partial charge in [0.15, 0.2) is 0 Å². The average molecular weight is 2010 g/mol. The van der Waals surface area contributed by atoms with Crippen LogP contribution in [0.2, 0.25) is 10.0 Å². The summed E-state index contributed by atoms with van der Waals surface area (Å²) in [6.45, 7) is 25.6. The molecule has 24 nitrogen and oxygen atoms in total. The molecule has 43 heteroatoms. The first-order chi connectivity index (χ1) is 64.0. The topological polar surface area (TPSA) is 213 Å². The molecule has 3 unspecified atom stereocenters. The van der Waals surface area contributed by atoms with Crippen LogP contribution >= 0.6 is 58.5 Å². The summed E-state index contributed by atoms with van der Waals surface area (Å²) in [4.78, 5) is 108. The zero-order valence-corrected chi connectivity index (χ0v) is 80.2. The van der Waals surface area contributed by atoms with E-state index in [1.165, 1.54) is 44.1 Å². The monoisotopic (exact) mass is 2000 g/mol. The highest BCUT2D eigenvalue weighted by atomic mass is 35.5. The van der Waals surface area contributed by atoms with Gasteiger partial charge in [0.25, 0.3) is 0 Å². The molecule has 9 atom stereocenters. The van der Waals surface area contributed by atoms with Crippen molar-refractivity contribution >= 4 is 126 Å². The molecule has 9 heterocycles. The van der Waals surface area contributed by atoms with Crippen molar-refractivity contribution in [3.8, 4) is 33.4 Å². The van der Waals surface area contributed by atoms with E-state index in [4.69, 9.17) is 37.4 Å². The first kappa shape index (κ1) is 104. The predicted molar refractivity (Wildman–Crippen MR) is 501 cm³/mol. The van der Waals surface area contributed by atoms with E-state index in [-0.39, 0.29) is 206 Å². The molecule has 9 aromatic rings. The van der Waals surface area contributed by atoms with Gasteiger partial charge in [-0.1, -0.05) is 49.0 Å². The summed E-state index contributed by atoms with van der Waals surface area (Å²) in [7, 11) is 11.2. The minimum atomic E-state index is -4.99. The Labute approximate surface area is 797 Å². The van der Waals surface area contributed by atoms with E-state index < -0.39 is 127 Å². The van der Waals surface area contributed by atoms with E-state index >= 15 is 8.78 Å². The van der Waals surface area contributed by atoms with E-state index in [1.54, 1.807) is 57.1 Å². The molecule has 0 radical (unpaired) electrons. The quantitative estimate of drug-likeness (QED) is 0.0371. The SMILES string of the molecule is C=CC(=O)N1[C@H](C)CN(c2nc(=O)n3c4c(c(-c5cc(Cl)c(F)cc5F)c(C(F)(F)F)cc24)SCC(OCCN(C)C)C3)C[C@@H]1C.C=CC(=O)N1[C@H](C)CN(c2nc(=O)n3c4c(c(-c5ccc(F)c(Cl)c5)c(C(F)(F)F)cc24)SCC(OCCN(C)C)C3)C[C@@H]1C.C=CC(=O)N1[C@H](C)CN(c2nc(=O)n3c4c(c(-c5ccc(F)cc5F)c(C(F)(F)F)cc24)SCC(OCCN(C)C)C3)C[C@@H]1C. The Morgan fingerprint density at radius 2 is 0.721 bits per heavy atom. The molecule has 136 heavy (non-hydrogen) atoms. The maximum absolute atomic E-state index is 15.4. The van der Waals surface area contributed by atoms with Crippen LogP contribution in [0.15, 0.2) is 134 Å². The number of ether oxygens (including phenoxy) is 3. The first-order valence-corrected chi connectivity index (χ1v) is 47.1. The molecule has 3 saturated heterocycles. The lowest BCUT2D eigenvalue weighted by molar-refractivity contribution is -0.137. The van der Waals surface area contributed by atoms with Gasteiger partial charge in [-0.25, -0.2) is 36.3 Å². The number of likely N-dealkylation sites (N-methyl/N-ethyl adjacent to an activating group) is 3. The minimum absolute atomic E-state index is 0.0120. The zero-order valence-electron chi connectivity index (χ0n) is 76.3. The highest BCUT2D eigenvalue weighted by molar-refractivity contribution is 8.00. The number of aromatic nitrogens is 6. The number of thioether (sulfide) groups is 3. The van der Waals surface area contributed by atoms with Crippen molar-refractivity contribution in [1.29, 1.82) is 0 Å². The van der Waals surface area contributed by atoms with E-state index in [0.29, 0.717) is 57.1 Å². The van der Waals surface area contributed by atoms with Gasteiger partial charge in [-0.15, -0.1) is 35.3 Å². The summed E-state index contributed by atoms with van der Waals surface area (Å²) in [5.41, 5.74) is -6.86. The molecule has 732 valence electrons. The van der Waals surface area contributed by atoms with Crippen LogP contribution in [0, 0.1) is 29.1 Å². The number of carbonyl (C=O) groups is 3. The predicted octanol–water partition coefficient (Wildman–Crippen LogP) is 16.2. The van der Waals surface area contributed by atoms with E-state index in [1.807, 2.05) is 70.8 Å². The molecule has 6 aliphatic rings. The minimum Gasteiger partial charge on any atom is -0.374 e. The molecule has 0 bridgehead atoms. The van der Waals surface area contributed by atoms with Gasteiger partial charge in [-0.05, 0) is 156 Å². The van der Waals surface area contributed by atoms with E-state index in [9.17, 15) is 81.5 Å². The van der Waals surface area contributed by atoms with Crippen LogP contribution in [-0.2, 0) is 66.8 Å². The van der Waals surface area contributed by atoms with Crippen LogP contribution in [-0.4, -0.2) is 269 Å². The molecule has 15 rings (SSSR count). The molecule has 3 amide bonds. The number of piperazine rings is 3. The summed E-state index contributed by atoms with van der Waals surface area (Å²) >= 11 is 15.2. The molecule has 3 fully saturated rings. The Morgan fingerprint density at radius 1 is 0.412 bits per heavy atom. The summed E-state index contributed by atoms with van der Waals surface area (Å²) in [5, 5.41) is -0.628. The molecule has 0 spiro atoms. The fraction of sp³-hybridized carbons (Fsp3) is 0.452. The van der Waals surface area contributed by atoms with E-state index in [0.717, 1.165) is 77.8 Å². The standard InChI is InChI=1S/C31H33ClF5N5O3S.C31H34ClF4N5O3S.C31H34F5N5O3S/c1-6-25(43)42-16(2)12-40(13-17(42)3)29-20-9-21(31(35,36)37)26(19-10-22(32)24(34)11-23(19)33)28-27(20)41(30(44)38-29)14-18(15-46-28)45-8-7-39(4)5;1-6-25(42)41-17(2)13-39(14-18(41)3)29-21-12-22(31(34,35)36)26(19-7-8-24(33)23(32)11-19)28-27(21)40(30(43)37-29)15-20(16-45-28)44-10-9-38(4)5;1-6-25(42)41-17(2)13-39(14-18(41)3)29-22-12-23(31(34,35)36)26(21-8-7-19(32)11-24(21)33)28-27(22)40(30(43)37-29)15-20(16-45-28)44-10-9-38(4)5/h6,9-11,16-18H,1,7-8,12-15H2,2-5H3;2*6-8,11-12,17-18,20H,1,9-10,13-16H2,2-5H3/t16-,17+,18?;2*17-,18+,20?. The van der Waals surface area contributed by atoms with Gasteiger partial charge in [-0.3, -0.25) is 28.1 Å². The number of benzene rings is 6. The van der Waals surface area contributed by atoms with Crippen molar-refractivity contribution in [2.75, 3.05) is 153 Å². The van der Waals surface area contributed by atoms with Crippen molar-refractivity contribution in [3.63, 3.8) is 0 Å². The Hall–Kier alpha value is -9.82. The number of hydrogen-bond donors (Lipinski definition) is 0. The van der Waals surface area contributed by atoms with Gasteiger partial charge in [0.05, 0.1) is 101 Å². The number of alkyl halides is 9. The second-order valence-corrected chi connectivity index (χ2v) is 38.9. The van der Waals surface area contributed by atoms with E-state index in [2.05, 4.69) is 34.7 Å². The number of halogens is 16. The zero-order chi connectivity index (χ0) is 99.2. The molecular weight excluding hydrogens is 1900 g/mol. The van der Waals surface area contributed by atoms with Gasteiger partial charge >= 0.3 is 35.6 Å². The molecular formula is C93H101Cl2F14N15O9S3. The second kappa shape index (κ2) is 42.1. The molecule has 6 aliphatic heterocycles. The van der Waals surface area contributed by atoms with Crippen LogP contribution in [0.4, 0.5) is 78.9 Å². The van der Waals surface area contributed by atoms with Gasteiger partial charge in [0.2, 0.25) is 17.7 Å². The normalized spacial score (nSPS) is 20.5. The Morgan fingerprint density at radius 3 is 1.03 bits per heavy atom. The first-order valence-electron chi connectivity index (χ1n) is 43.4. The van der Waals surface area contributed by atoms with Crippen molar-refractivity contribution in [2.24, 2.45) is 0 Å². The van der Waals surface area contributed by atoms with Gasteiger partial charge < -0.3 is 58.3 Å². The third kappa shape index (κ3) is 21.9. The largest absolute Gasteiger partial charge is 0.417 e. The number of carbonyl (C=O) groups excluding carboxylic acids is 3. The number of rotatable bonds is 21. The van der Waals surface area contributed by atoms with Crippen molar-refractivity contribution in [1.82, 2.24) is 58.1 Å². The number of amides is 3. The van der Waals surface area contributed by atoms with Crippen molar-refractivity contribution in [2.45, 2.75) is 149 Å². The molecule has 0 aliphatic carbocycles. The lowest BCUT2D eigenvalue weighted by Crippen LogP contribution is -2.58. The van der Waals surface area contributed by atoms with Crippen molar-refractivity contribution in [3.05, 3.63) is 192 Å². The Kier molecular flexibility index (Phi) is 32.0. The molecule has 3 aromatic heterocycles. The fourth-order valence-corrected chi connectivity index (χ4v) is 22.5. The summed E-state index contributed by atoms with van der Waals surface area (Å²) in [5.74, 6) is -5.29. The molecule has 0 saturated carbocycles. The maximum atomic E-state index is 15.4. The van der Waals surface area contributed by atoms with Crippen LogP contribution < -0.4 is 31.8 Å².